The van der Waals surface area contributed by atoms with Crippen molar-refractivity contribution >= 4 is 33.4 Å². The van der Waals surface area contributed by atoms with Gasteiger partial charge in [0.25, 0.3) is 5.91 Å². The first-order valence-corrected chi connectivity index (χ1v) is 13.9. The van der Waals surface area contributed by atoms with Gasteiger partial charge in [-0.3, -0.25) is 9.69 Å². The van der Waals surface area contributed by atoms with E-state index >= 15 is 0 Å². The predicted octanol–water partition coefficient (Wildman–Crippen LogP) is 4.05. The lowest BCUT2D eigenvalue weighted by Crippen LogP contribution is -2.41. The van der Waals surface area contributed by atoms with E-state index in [9.17, 15) is 13.2 Å². The Hall–Kier alpha value is -1.87. The summed E-state index contributed by atoms with van der Waals surface area (Å²) in [4.78, 5) is 15.6. The fraction of sp³-hybridized carbons (Fsp3) is 0.458. The SMILES string of the molecule is CC1CCCCN1S(=O)(=O)c1cccc(C(=O)Nc2ccccc2CN2CCSCC2)c1. The number of thioether (sulfide) groups is 1. The van der Waals surface area contributed by atoms with Gasteiger partial charge in [0.1, 0.15) is 0 Å². The number of hydrogen-bond acceptors (Lipinski definition) is 5. The zero-order chi connectivity index (χ0) is 22.6. The number of rotatable bonds is 6. The minimum absolute atomic E-state index is 0.0219. The van der Waals surface area contributed by atoms with Crippen LogP contribution in [0.5, 0.6) is 0 Å². The summed E-state index contributed by atoms with van der Waals surface area (Å²) in [6.07, 6.45) is 2.79. The third-order valence-electron chi connectivity index (χ3n) is 6.21. The molecule has 172 valence electrons. The molecule has 0 aliphatic carbocycles. The number of piperidine rings is 1. The fourth-order valence-electron chi connectivity index (χ4n) is 4.34. The Morgan fingerprint density at radius 1 is 1.06 bits per heavy atom. The summed E-state index contributed by atoms with van der Waals surface area (Å²) >= 11 is 1.97. The highest BCUT2D eigenvalue weighted by Gasteiger charge is 2.31. The van der Waals surface area contributed by atoms with Crippen LogP contribution in [0.25, 0.3) is 0 Å². The normalized spacial score (nSPS) is 20.7. The van der Waals surface area contributed by atoms with Crippen LogP contribution in [-0.2, 0) is 16.6 Å². The van der Waals surface area contributed by atoms with Gasteiger partial charge >= 0.3 is 0 Å². The molecule has 0 bridgehead atoms. The van der Waals surface area contributed by atoms with Gasteiger partial charge in [-0.2, -0.15) is 16.1 Å². The molecule has 0 saturated carbocycles. The van der Waals surface area contributed by atoms with Gasteiger partial charge in [-0.05, 0) is 49.6 Å². The minimum atomic E-state index is -3.62. The Morgan fingerprint density at radius 2 is 1.84 bits per heavy atom. The number of benzene rings is 2. The molecule has 2 aromatic rings. The molecule has 8 heteroatoms. The standard InChI is InChI=1S/C24H31N3O3S2/c1-19-7-4-5-12-27(19)32(29,30)22-10-6-9-20(17-22)24(28)25-23-11-3-2-8-21(23)18-26-13-15-31-16-14-26/h2-3,6,8-11,17,19H,4-5,7,12-16,18H2,1H3,(H,25,28). The van der Waals surface area contributed by atoms with E-state index < -0.39 is 10.0 Å². The lowest BCUT2D eigenvalue weighted by atomic mass is 10.1. The van der Waals surface area contributed by atoms with Crippen molar-refractivity contribution in [3.8, 4) is 0 Å². The highest BCUT2D eigenvalue weighted by atomic mass is 32.2. The summed E-state index contributed by atoms with van der Waals surface area (Å²) in [6, 6.07) is 14.2. The topological polar surface area (TPSA) is 69.7 Å². The van der Waals surface area contributed by atoms with E-state index in [2.05, 4.69) is 10.2 Å². The molecule has 1 atom stereocenters. The number of anilines is 1. The van der Waals surface area contributed by atoms with Crippen molar-refractivity contribution in [1.82, 2.24) is 9.21 Å². The second-order valence-electron chi connectivity index (χ2n) is 8.49. The summed E-state index contributed by atoms with van der Waals surface area (Å²) in [6.45, 7) is 5.36. The van der Waals surface area contributed by atoms with Crippen molar-refractivity contribution in [3.63, 3.8) is 0 Å². The van der Waals surface area contributed by atoms with Crippen molar-refractivity contribution in [2.24, 2.45) is 0 Å². The fourth-order valence-corrected chi connectivity index (χ4v) is 7.06. The van der Waals surface area contributed by atoms with Crippen molar-refractivity contribution in [2.75, 3.05) is 36.5 Å². The van der Waals surface area contributed by atoms with Crippen LogP contribution in [0.2, 0.25) is 0 Å². The Kier molecular flexibility index (Phi) is 7.55. The molecule has 0 radical (unpaired) electrons. The van der Waals surface area contributed by atoms with Gasteiger partial charge in [-0.25, -0.2) is 8.42 Å². The molecule has 2 aliphatic heterocycles. The highest BCUT2D eigenvalue weighted by molar-refractivity contribution is 7.99. The largest absolute Gasteiger partial charge is 0.322 e. The van der Waals surface area contributed by atoms with Crippen LogP contribution in [0, 0.1) is 0 Å². The molecule has 2 saturated heterocycles. The molecule has 0 aromatic heterocycles. The molecule has 1 amide bonds. The number of nitrogens with zero attached hydrogens (tertiary/aromatic N) is 2. The van der Waals surface area contributed by atoms with Crippen LogP contribution in [0.4, 0.5) is 5.69 Å². The molecule has 2 fully saturated rings. The number of nitrogens with one attached hydrogen (secondary N) is 1. The maximum atomic E-state index is 13.2. The first kappa shape index (κ1) is 23.3. The number of sulfonamides is 1. The molecule has 2 aromatic carbocycles. The lowest BCUT2D eigenvalue weighted by Gasteiger charge is -2.32. The Balaban J connectivity index is 1.51. The average molecular weight is 474 g/mol. The van der Waals surface area contributed by atoms with Crippen LogP contribution in [-0.4, -0.2) is 60.7 Å². The maximum absolute atomic E-state index is 13.2. The molecule has 32 heavy (non-hydrogen) atoms. The smallest absolute Gasteiger partial charge is 0.255 e. The first-order valence-electron chi connectivity index (χ1n) is 11.3. The van der Waals surface area contributed by atoms with E-state index in [4.69, 9.17) is 0 Å². The van der Waals surface area contributed by atoms with Crippen LogP contribution in [0.1, 0.15) is 42.1 Å². The summed E-state index contributed by atoms with van der Waals surface area (Å²) in [5.41, 5.74) is 2.19. The molecule has 2 heterocycles. The van der Waals surface area contributed by atoms with Gasteiger partial charge in [0, 0.05) is 55.0 Å². The van der Waals surface area contributed by atoms with Crippen molar-refractivity contribution in [1.29, 1.82) is 0 Å². The first-order chi connectivity index (χ1) is 15.4. The van der Waals surface area contributed by atoms with E-state index in [1.807, 2.05) is 43.0 Å². The van der Waals surface area contributed by atoms with Crippen molar-refractivity contribution in [2.45, 2.75) is 43.7 Å². The Bertz CT molecular complexity index is 1050. The lowest BCUT2D eigenvalue weighted by molar-refractivity contribution is 0.102. The average Bonchev–Trinajstić information content (AvgIpc) is 2.81. The van der Waals surface area contributed by atoms with Crippen LogP contribution in [0.15, 0.2) is 53.4 Å². The Labute approximate surface area is 195 Å². The zero-order valence-electron chi connectivity index (χ0n) is 18.5. The third-order valence-corrected chi connectivity index (χ3v) is 9.16. The Morgan fingerprint density at radius 3 is 2.62 bits per heavy atom. The molecular formula is C24H31N3O3S2. The quantitative estimate of drug-likeness (QED) is 0.685. The summed E-state index contributed by atoms with van der Waals surface area (Å²) < 4.78 is 28.0. The molecule has 2 aliphatic rings. The van der Waals surface area contributed by atoms with E-state index in [0.29, 0.717) is 12.1 Å². The molecule has 0 spiro atoms. The van der Waals surface area contributed by atoms with Crippen LogP contribution >= 0.6 is 11.8 Å². The monoisotopic (exact) mass is 473 g/mol. The van der Waals surface area contributed by atoms with Crippen molar-refractivity contribution < 1.29 is 13.2 Å². The maximum Gasteiger partial charge on any atom is 0.255 e. The van der Waals surface area contributed by atoms with E-state index in [-0.39, 0.29) is 16.8 Å². The molecule has 1 unspecified atom stereocenters. The number of hydrogen-bond donors (Lipinski definition) is 1. The molecular weight excluding hydrogens is 442 g/mol. The number of para-hydroxylation sites is 1. The van der Waals surface area contributed by atoms with Crippen LogP contribution < -0.4 is 5.32 Å². The molecule has 4 rings (SSSR count). The predicted molar refractivity (Wildman–Crippen MR) is 131 cm³/mol. The van der Waals surface area contributed by atoms with Gasteiger partial charge in [-0.1, -0.05) is 30.7 Å². The number of carbonyl (C=O) groups excluding carboxylic acids is 1. The zero-order valence-corrected chi connectivity index (χ0v) is 20.1. The third kappa shape index (κ3) is 5.36. The second kappa shape index (κ2) is 10.4. The minimum Gasteiger partial charge on any atom is -0.322 e. The highest BCUT2D eigenvalue weighted by Crippen LogP contribution is 2.26. The van der Waals surface area contributed by atoms with Crippen LogP contribution in [0.3, 0.4) is 0 Å². The van der Waals surface area contributed by atoms with Gasteiger partial charge in [0.05, 0.1) is 4.90 Å². The molecule has 6 nitrogen and oxygen atoms in total. The molecule has 1 N–H and O–H groups in total. The van der Waals surface area contributed by atoms with Gasteiger partial charge in [0.15, 0.2) is 0 Å². The van der Waals surface area contributed by atoms with Gasteiger partial charge in [0.2, 0.25) is 10.0 Å². The number of carbonyl (C=O) groups is 1. The van der Waals surface area contributed by atoms with Gasteiger partial charge in [-0.15, -0.1) is 0 Å². The van der Waals surface area contributed by atoms with E-state index in [1.54, 1.807) is 22.5 Å². The second-order valence-corrected chi connectivity index (χ2v) is 11.6. The van der Waals surface area contributed by atoms with E-state index in [0.717, 1.165) is 61.7 Å². The van der Waals surface area contributed by atoms with E-state index in [1.165, 1.54) is 6.07 Å². The summed E-state index contributed by atoms with van der Waals surface area (Å²) in [7, 11) is -3.62. The summed E-state index contributed by atoms with van der Waals surface area (Å²) in [5, 5.41) is 3.00. The number of amides is 1. The van der Waals surface area contributed by atoms with Gasteiger partial charge < -0.3 is 5.32 Å². The van der Waals surface area contributed by atoms with Crippen molar-refractivity contribution in [3.05, 3.63) is 59.7 Å². The summed E-state index contributed by atoms with van der Waals surface area (Å²) in [5.74, 6) is 1.96.